The molecular formula is C15H20O2. The fourth-order valence-corrected chi connectivity index (χ4v) is 2.28. The van der Waals surface area contributed by atoms with Crippen molar-refractivity contribution in [3.8, 4) is 5.75 Å². The summed E-state index contributed by atoms with van der Waals surface area (Å²) in [5.74, 6) is 0.831. The van der Waals surface area contributed by atoms with Crippen LogP contribution in [0.4, 0.5) is 0 Å². The molecule has 92 valence electrons. The first-order valence-corrected chi connectivity index (χ1v) is 6.29. The number of aliphatic hydroxyl groups is 1. The second-order valence-electron chi connectivity index (χ2n) is 4.60. The van der Waals surface area contributed by atoms with Gasteiger partial charge in [-0.2, -0.15) is 0 Å². The summed E-state index contributed by atoms with van der Waals surface area (Å²) in [5, 5.41) is 10.2. The number of hydrogen-bond donors (Lipinski definition) is 1. The predicted molar refractivity (Wildman–Crippen MR) is 69.1 cm³/mol. The van der Waals surface area contributed by atoms with Gasteiger partial charge in [0.25, 0.3) is 0 Å². The van der Waals surface area contributed by atoms with Gasteiger partial charge in [0, 0.05) is 0 Å². The molecule has 0 bridgehead atoms. The molecule has 1 aliphatic carbocycles. The van der Waals surface area contributed by atoms with Crippen LogP contribution in [0, 0.1) is 0 Å². The van der Waals surface area contributed by atoms with E-state index >= 15 is 0 Å². The van der Waals surface area contributed by atoms with Crippen LogP contribution in [0.5, 0.6) is 5.75 Å². The summed E-state index contributed by atoms with van der Waals surface area (Å²) in [5.41, 5.74) is 2.37. The van der Waals surface area contributed by atoms with Gasteiger partial charge in [0.15, 0.2) is 0 Å². The number of ether oxygens (including phenoxy) is 1. The van der Waals surface area contributed by atoms with Crippen molar-refractivity contribution in [1.29, 1.82) is 0 Å². The molecule has 0 aliphatic heterocycles. The minimum absolute atomic E-state index is 0.384. The first-order chi connectivity index (χ1) is 8.29. The average Bonchev–Trinajstić information content (AvgIpc) is 2.40. The zero-order chi connectivity index (χ0) is 12.1. The molecule has 1 aromatic carbocycles. The van der Waals surface area contributed by atoms with E-state index in [4.69, 9.17) is 4.74 Å². The molecule has 1 N–H and O–H groups in total. The van der Waals surface area contributed by atoms with E-state index in [0.717, 1.165) is 24.2 Å². The van der Waals surface area contributed by atoms with Crippen molar-refractivity contribution in [3.63, 3.8) is 0 Å². The smallest absolute Gasteiger partial charge is 0.118 e. The molecule has 1 aliphatic rings. The first-order valence-electron chi connectivity index (χ1n) is 6.29. The van der Waals surface area contributed by atoms with E-state index in [9.17, 15) is 5.11 Å². The van der Waals surface area contributed by atoms with Crippen LogP contribution in [-0.4, -0.2) is 12.2 Å². The molecule has 0 aromatic heterocycles. The van der Waals surface area contributed by atoms with E-state index in [1.807, 2.05) is 24.3 Å². The third kappa shape index (κ3) is 3.34. The largest absolute Gasteiger partial charge is 0.497 e. The molecule has 0 saturated heterocycles. The molecule has 0 fully saturated rings. The summed E-state index contributed by atoms with van der Waals surface area (Å²) in [6, 6.07) is 7.67. The summed E-state index contributed by atoms with van der Waals surface area (Å²) < 4.78 is 5.11. The van der Waals surface area contributed by atoms with E-state index in [2.05, 4.69) is 6.08 Å². The Balaban J connectivity index is 1.98. The van der Waals surface area contributed by atoms with Gasteiger partial charge in [-0.15, -0.1) is 0 Å². The lowest BCUT2D eigenvalue weighted by Crippen LogP contribution is -2.01. The molecule has 0 radical (unpaired) electrons. The fourth-order valence-electron chi connectivity index (χ4n) is 2.28. The molecule has 2 nitrogen and oxygen atoms in total. The van der Waals surface area contributed by atoms with Crippen molar-refractivity contribution in [2.45, 2.75) is 38.2 Å². The van der Waals surface area contributed by atoms with E-state index in [0.29, 0.717) is 0 Å². The summed E-state index contributed by atoms with van der Waals surface area (Å²) >= 11 is 0. The Kier molecular flexibility index (Phi) is 4.21. The van der Waals surface area contributed by atoms with Crippen LogP contribution >= 0.6 is 0 Å². The Morgan fingerprint density at radius 1 is 1.24 bits per heavy atom. The fraction of sp³-hybridized carbons (Fsp3) is 0.467. The highest BCUT2D eigenvalue weighted by Crippen LogP contribution is 2.28. The molecule has 1 atom stereocenters. The van der Waals surface area contributed by atoms with Gasteiger partial charge in [-0.05, 0) is 49.8 Å². The van der Waals surface area contributed by atoms with E-state index < -0.39 is 0 Å². The Bertz CT molecular complexity index is 378. The van der Waals surface area contributed by atoms with Crippen LogP contribution in [0.25, 0.3) is 0 Å². The normalized spacial score (nSPS) is 17.4. The zero-order valence-electron chi connectivity index (χ0n) is 10.4. The quantitative estimate of drug-likeness (QED) is 0.803. The average molecular weight is 232 g/mol. The predicted octanol–water partition coefficient (Wildman–Crippen LogP) is 3.62. The maximum absolute atomic E-state index is 10.2. The number of benzene rings is 1. The second-order valence-corrected chi connectivity index (χ2v) is 4.60. The summed E-state index contributed by atoms with van der Waals surface area (Å²) in [7, 11) is 1.65. The number of hydrogen-bond acceptors (Lipinski definition) is 2. The molecular weight excluding hydrogens is 212 g/mol. The van der Waals surface area contributed by atoms with Crippen molar-refractivity contribution in [3.05, 3.63) is 41.5 Å². The molecule has 0 spiro atoms. The van der Waals surface area contributed by atoms with Gasteiger partial charge in [0.2, 0.25) is 0 Å². The topological polar surface area (TPSA) is 29.5 Å². The Labute approximate surface area is 103 Å². The lowest BCUT2D eigenvalue weighted by Gasteiger charge is -2.17. The third-order valence-electron chi connectivity index (χ3n) is 3.34. The molecule has 0 heterocycles. The van der Waals surface area contributed by atoms with Crippen LogP contribution in [0.15, 0.2) is 35.9 Å². The van der Waals surface area contributed by atoms with Gasteiger partial charge < -0.3 is 9.84 Å². The third-order valence-corrected chi connectivity index (χ3v) is 3.34. The summed E-state index contributed by atoms with van der Waals surface area (Å²) in [4.78, 5) is 0. The maximum Gasteiger partial charge on any atom is 0.118 e. The number of rotatable bonds is 4. The Morgan fingerprint density at radius 2 is 2.00 bits per heavy atom. The van der Waals surface area contributed by atoms with Crippen molar-refractivity contribution in [1.82, 2.24) is 0 Å². The Morgan fingerprint density at radius 3 is 2.59 bits per heavy atom. The van der Waals surface area contributed by atoms with Crippen LogP contribution in [0.1, 0.15) is 43.8 Å². The van der Waals surface area contributed by atoms with Crippen LogP contribution in [0.2, 0.25) is 0 Å². The molecule has 1 aromatic rings. The van der Waals surface area contributed by atoms with E-state index in [1.54, 1.807) is 7.11 Å². The van der Waals surface area contributed by atoms with Gasteiger partial charge in [0.1, 0.15) is 5.75 Å². The summed E-state index contributed by atoms with van der Waals surface area (Å²) in [6.45, 7) is 0. The van der Waals surface area contributed by atoms with Gasteiger partial charge >= 0.3 is 0 Å². The highest BCUT2D eigenvalue weighted by atomic mass is 16.5. The number of methoxy groups -OCH3 is 1. The van der Waals surface area contributed by atoms with Crippen molar-refractivity contribution >= 4 is 0 Å². The lowest BCUT2D eigenvalue weighted by molar-refractivity contribution is 0.176. The molecule has 2 heteroatoms. The maximum atomic E-state index is 10.2. The van der Waals surface area contributed by atoms with Crippen LogP contribution in [0.3, 0.4) is 0 Å². The van der Waals surface area contributed by atoms with Crippen LogP contribution in [-0.2, 0) is 0 Å². The van der Waals surface area contributed by atoms with Crippen molar-refractivity contribution in [2.24, 2.45) is 0 Å². The van der Waals surface area contributed by atoms with Gasteiger partial charge in [0.05, 0.1) is 13.2 Å². The molecule has 0 saturated carbocycles. The minimum Gasteiger partial charge on any atom is -0.497 e. The lowest BCUT2D eigenvalue weighted by atomic mass is 9.93. The SMILES string of the molecule is COc1ccc(C(O)CC2=CCCCC2)cc1. The van der Waals surface area contributed by atoms with Crippen molar-refractivity contribution in [2.75, 3.05) is 7.11 Å². The number of aliphatic hydroxyl groups excluding tert-OH is 1. The summed E-state index contributed by atoms with van der Waals surface area (Å²) in [6.07, 6.45) is 7.55. The van der Waals surface area contributed by atoms with Gasteiger partial charge in [-0.1, -0.05) is 23.8 Å². The zero-order valence-corrected chi connectivity index (χ0v) is 10.4. The first kappa shape index (κ1) is 12.2. The standard InChI is InChI=1S/C15H20O2/c1-17-14-9-7-13(8-10-14)15(16)11-12-5-3-2-4-6-12/h5,7-10,15-16H,2-4,6,11H2,1H3. The highest BCUT2D eigenvalue weighted by molar-refractivity contribution is 5.29. The van der Waals surface area contributed by atoms with E-state index in [1.165, 1.54) is 24.8 Å². The van der Waals surface area contributed by atoms with Crippen molar-refractivity contribution < 1.29 is 9.84 Å². The molecule has 17 heavy (non-hydrogen) atoms. The molecule has 0 amide bonds. The minimum atomic E-state index is -0.384. The second kappa shape index (κ2) is 5.87. The van der Waals surface area contributed by atoms with Gasteiger partial charge in [-0.25, -0.2) is 0 Å². The molecule has 1 unspecified atom stereocenters. The highest BCUT2D eigenvalue weighted by Gasteiger charge is 2.12. The monoisotopic (exact) mass is 232 g/mol. The van der Waals surface area contributed by atoms with Crippen LogP contribution < -0.4 is 4.74 Å². The Hall–Kier alpha value is -1.28. The van der Waals surface area contributed by atoms with Gasteiger partial charge in [-0.3, -0.25) is 0 Å². The van der Waals surface area contributed by atoms with E-state index in [-0.39, 0.29) is 6.10 Å². The number of allylic oxidation sites excluding steroid dienone is 1. The molecule has 2 rings (SSSR count).